The summed E-state index contributed by atoms with van der Waals surface area (Å²) in [5, 5.41) is 0. The highest BCUT2D eigenvalue weighted by Gasteiger charge is 2.41. The molecule has 0 saturated heterocycles. The van der Waals surface area contributed by atoms with Crippen LogP contribution in [-0.2, 0) is 19.1 Å². The van der Waals surface area contributed by atoms with Crippen LogP contribution in [0.25, 0.3) is 5.57 Å². The first-order chi connectivity index (χ1) is 14.4. The summed E-state index contributed by atoms with van der Waals surface area (Å²) in [6, 6.07) is 7.37. The first-order valence-electron chi connectivity index (χ1n) is 10.5. The summed E-state index contributed by atoms with van der Waals surface area (Å²) in [4.78, 5) is 29.9. The number of amides is 2. The van der Waals surface area contributed by atoms with E-state index >= 15 is 0 Å². The molecule has 0 unspecified atom stereocenters. The molecule has 0 bridgehead atoms. The maximum absolute atomic E-state index is 13.3. The van der Waals surface area contributed by atoms with Crippen LogP contribution >= 0.6 is 0 Å². The van der Waals surface area contributed by atoms with Crippen molar-refractivity contribution in [1.29, 1.82) is 0 Å². The Bertz CT molecular complexity index is 734. The fraction of sp³-hybridized carbons (Fsp3) is 0.565. The molecular formula is C23H34N2O5. The zero-order valence-electron chi connectivity index (χ0n) is 18.8. The summed E-state index contributed by atoms with van der Waals surface area (Å²) >= 11 is 0. The van der Waals surface area contributed by atoms with Gasteiger partial charge in [0, 0.05) is 33.9 Å². The van der Waals surface area contributed by atoms with Crippen LogP contribution < -0.4 is 4.74 Å². The quantitative estimate of drug-likeness (QED) is 0.459. The van der Waals surface area contributed by atoms with Gasteiger partial charge in [0.05, 0.1) is 25.4 Å². The van der Waals surface area contributed by atoms with Gasteiger partial charge in [0.25, 0.3) is 11.8 Å². The van der Waals surface area contributed by atoms with Crippen molar-refractivity contribution in [1.82, 2.24) is 9.80 Å². The first-order valence-corrected chi connectivity index (χ1v) is 10.5. The van der Waals surface area contributed by atoms with E-state index in [0.29, 0.717) is 56.3 Å². The second-order valence-electron chi connectivity index (χ2n) is 7.68. The Kier molecular flexibility index (Phi) is 9.33. The minimum absolute atomic E-state index is 0.176. The minimum atomic E-state index is -0.262. The summed E-state index contributed by atoms with van der Waals surface area (Å²) in [5.74, 6) is 0.400. The van der Waals surface area contributed by atoms with Crippen LogP contribution in [0.1, 0.15) is 32.8 Å². The number of ether oxygens (including phenoxy) is 3. The monoisotopic (exact) mass is 418 g/mol. The molecule has 2 amide bonds. The van der Waals surface area contributed by atoms with E-state index in [9.17, 15) is 9.59 Å². The van der Waals surface area contributed by atoms with Crippen LogP contribution in [0.3, 0.4) is 0 Å². The van der Waals surface area contributed by atoms with Gasteiger partial charge in [-0.05, 0) is 30.0 Å². The second-order valence-corrected chi connectivity index (χ2v) is 7.68. The molecule has 7 nitrogen and oxygen atoms in total. The number of benzene rings is 1. The maximum Gasteiger partial charge on any atom is 0.277 e. The molecule has 1 heterocycles. The molecule has 0 aromatic heterocycles. The maximum atomic E-state index is 13.3. The molecule has 30 heavy (non-hydrogen) atoms. The lowest BCUT2D eigenvalue weighted by Gasteiger charge is -2.26. The van der Waals surface area contributed by atoms with E-state index in [0.717, 1.165) is 12.2 Å². The summed E-state index contributed by atoms with van der Waals surface area (Å²) in [6.07, 6.45) is 0.919. The van der Waals surface area contributed by atoms with Crippen molar-refractivity contribution in [2.75, 3.05) is 53.7 Å². The van der Waals surface area contributed by atoms with Crippen LogP contribution in [-0.4, -0.2) is 75.3 Å². The topological polar surface area (TPSA) is 68.3 Å². The van der Waals surface area contributed by atoms with Crippen LogP contribution in [0.4, 0.5) is 0 Å². The molecule has 1 aliphatic rings. The Hall–Kier alpha value is -2.38. The minimum Gasteiger partial charge on any atom is -0.494 e. The molecule has 0 radical (unpaired) electrons. The van der Waals surface area contributed by atoms with E-state index in [1.807, 2.05) is 49.9 Å². The van der Waals surface area contributed by atoms with E-state index in [1.54, 1.807) is 14.2 Å². The van der Waals surface area contributed by atoms with Crippen LogP contribution in [0.15, 0.2) is 30.0 Å². The summed E-state index contributed by atoms with van der Waals surface area (Å²) in [6.45, 7) is 8.91. The number of imide groups is 1. The highest BCUT2D eigenvalue weighted by atomic mass is 16.5. The third-order valence-electron chi connectivity index (χ3n) is 4.75. The molecule has 1 aromatic carbocycles. The molecule has 0 saturated carbocycles. The number of rotatable bonds is 13. The molecule has 1 aromatic rings. The Morgan fingerprint density at radius 3 is 2.03 bits per heavy atom. The molecule has 0 fully saturated rings. The fourth-order valence-corrected chi connectivity index (χ4v) is 3.32. The van der Waals surface area contributed by atoms with Crippen molar-refractivity contribution < 1.29 is 23.8 Å². The number of methoxy groups -OCH3 is 2. The van der Waals surface area contributed by atoms with Crippen LogP contribution in [0, 0.1) is 5.92 Å². The zero-order valence-corrected chi connectivity index (χ0v) is 18.8. The van der Waals surface area contributed by atoms with Crippen molar-refractivity contribution in [2.45, 2.75) is 27.2 Å². The lowest BCUT2D eigenvalue weighted by molar-refractivity contribution is -0.138. The predicted octanol–water partition coefficient (Wildman–Crippen LogP) is 2.81. The van der Waals surface area contributed by atoms with Gasteiger partial charge in [0.2, 0.25) is 0 Å². The highest BCUT2D eigenvalue weighted by molar-refractivity contribution is 6.35. The fourth-order valence-electron chi connectivity index (χ4n) is 3.32. The summed E-state index contributed by atoms with van der Waals surface area (Å²) in [7, 11) is 3.23. The summed E-state index contributed by atoms with van der Waals surface area (Å²) in [5.41, 5.74) is 1.55. The average Bonchev–Trinajstić information content (AvgIpc) is 2.97. The third-order valence-corrected chi connectivity index (χ3v) is 4.75. The Balaban J connectivity index is 2.47. The van der Waals surface area contributed by atoms with Gasteiger partial charge in [0.15, 0.2) is 0 Å². The predicted molar refractivity (Wildman–Crippen MR) is 116 cm³/mol. The first kappa shape index (κ1) is 23.9. The van der Waals surface area contributed by atoms with E-state index < -0.39 is 0 Å². The zero-order chi connectivity index (χ0) is 22.1. The number of hydrogen-bond acceptors (Lipinski definition) is 6. The smallest absolute Gasteiger partial charge is 0.277 e. The lowest BCUT2D eigenvalue weighted by Crippen LogP contribution is -2.39. The van der Waals surface area contributed by atoms with Crippen molar-refractivity contribution in [2.24, 2.45) is 5.92 Å². The average molecular weight is 419 g/mol. The SMILES string of the molecule is CCCOc1ccc(C2=C(N(CCOC)CCOC)C(=O)N(CC(C)C)C2=O)cc1. The van der Waals surface area contributed by atoms with Crippen molar-refractivity contribution >= 4 is 17.4 Å². The van der Waals surface area contributed by atoms with Gasteiger partial charge in [-0.25, -0.2) is 0 Å². The standard InChI is InChI=1S/C23H34N2O5/c1-6-13-30-19-9-7-18(8-10-19)20-21(24(11-14-28-4)12-15-29-5)23(27)25(22(20)26)16-17(2)3/h7-10,17H,6,11-16H2,1-5H3. The van der Waals surface area contributed by atoms with Crippen molar-refractivity contribution in [3.8, 4) is 5.75 Å². The van der Waals surface area contributed by atoms with Gasteiger partial charge in [-0.15, -0.1) is 0 Å². The third kappa shape index (κ3) is 5.83. The number of nitrogens with zero attached hydrogens (tertiary/aromatic N) is 2. The van der Waals surface area contributed by atoms with Crippen molar-refractivity contribution in [3.63, 3.8) is 0 Å². The molecule has 166 valence electrons. The Morgan fingerprint density at radius 1 is 0.933 bits per heavy atom. The largest absolute Gasteiger partial charge is 0.494 e. The normalized spacial score (nSPS) is 14.3. The summed E-state index contributed by atoms with van der Waals surface area (Å²) < 4.78 is 16.1. The molecular weight excluding hydrogens is 384 g/mol. The lowest BCUT2D eigenvalue weighted by atomic mass is 10.0. The molecule has 0 atom stereocenters. The van der Waals surface area contributed by atoms with Gasteiger partial charge in [-0.3, -0.25) is 14.5 Å². The molecule has 0 N–H and O–H groups in total. The van der Waals surface area contributed by atoms with Gasteiger partial charge < -0.3 is 19.1 Å². The number of hydrogen-bond donors (Lipinski definition) is 0. The van der Waals surface area contributed by atoms with Gasteiger partial charge >= 0.3 is 0 Å². The van der Waals surface area contributed by atoms with Gasteiger partial charge in [-0.2, -0.15) is 0 Å². The van der Waals surface area contributed by atoms with Crippen LogP contribution in [0.2, 0.25) is 0 Å². The van der Waals surface area contributed by atoms with E-state index in [-0.39, 0.29) is 17.7 Å². The second kappa shape index (κ2) is 11.7. The Labute approximate surface area is 179 Å². The molecule has 1 aliphatic heterocycles. The molecule has 2 rings (SSSR count). The van der Waals surface area contributed by atoms with Crippen molar-refractivity contribution in [3.05, 3.63) is 35.5 Å². The van der Waals surface area contributed by atoms with E-state index in [4.69, 9.17) is 14.2 Å². The number of carbonyl (C=O) groups excluding carboxylic acids is 2. The molecule has 7 heteroatoms. The van der Waals surface area contributed by atoms with Gasteiger partial charge in [-0.1, -0.05) is 32.9 Å². The van der Waals surface area contributed by atoms with E-state index in [2.05, 4.69) is 0 Å². The highest BCUT2D eigenvalue weighted by Crippen LogP contribution is 2.33. The molecule has 0 aliphatic carbocycles. The van der Waals surface area contributed by atoms with Gasteiger partial charge in [0.1, 0.15) is 11.4 Å². The molecule has 0 spiro atoms. The Morgan fingerprint density at radius 2 is 1.53 bits per heavy atom. The number of carbonyl (C=O) groups is 2. The van der Waals surface area contributed by atoms with E-state index in [1.165, 1.54) is 4.90 Å². The van der Waals surface area contributed by atoms with Crippen LogP contribution in [0.5, 0.6) is 5.75 Å².